The number of fused-ring (bicyclic) bond motifs is 1. The number of nitrogens with zero attached hydrogens (tertiary/aromatic N) is 3. The molecule has 13 heavy (non-hydrogen) atoms. The van der Waals surface area contributed by atoms with Crippen molar-refractivity contribution in [2.45, 2.75) is 13.8 Å². The van der Waals surface area contributed by atoms with Crippen LogP contribution < -0.4 is 5.43 Å². The monoisotopic (exact) mass is 174 g/mol. The lowest BCUT2D eigenvalue weighted by Gasteiger charge is -2.23. The second-order valence-electron chi connectivity index (χ2n) is 3.14. The molecule has 0 unspecified atom stereocenters. The van der Waals surface area contributed by atoms with Gasteiger partial charge in [0.05, 0.1) is 5.57 Å². The molecule has 0 amide bonds. The maximum atomic E-state index is 8.92. The number of rotatable bonds is 0. The number of hydrogen-bond acceptors (Lipinski definition) is 4. The summed E-state index contributed by atoms with van der Waals surface area (Å²) >= 11 is 0. The van der Waals surface area contributed by atoms with E-state index in [9.17, 15) is 0 Å². The first-order valence-corrected chi connectivity index (χ1v) is 4.12. The third-order valence-corrected chi connectivity index (χ3v) is 2.25. The SMILES string of the molecule is CC1=CC(C)=C(C#N)C2=NNCN12. The molecule has 0 spiro atoms. The molecule has 0 aromatic rings. The first-order chi connectivity index (χ1) is 6.24. The number of hydrazone groups is 1. The predicted molar refractivity (Wildman–Crippen MR) is 49.3 cm³/mol. The largest absolute Gasteiger partial charge is 0.308 e. The fourth-order valence-electron chi connectivity index (χ4n) is 1.58. The number of amidine groups is 1. The van der Waals surface area contributed by atoms with E-state index in [1.165, 1.54) is 0 Å². The normalized spacial score (nSPS) is 20.2. The molecule has 0 saturated carbocycles. The summed E-state index contributed by atoms with van der Waals surface area (Å²) in [5.41, 5.74) is 5.64. The average Bonchev–Trinajstić information content (AvgIpc) is 2.53. The minimum absolute atomic E-state index is 0.663. The van der Waals surface area contributed by atoms with Gasteiger partial charge in [-0.3, -0.25) is 5.43 Å². The van der Waals surface area contributed by atoms with Crippen LogP contribution in [0, 0.1) is 11.3 Å². The molecule has 0 aromatic heterocycles. The van der Waals surface area contributed by atoms with Gasteiger partial charge < -0.3 is 4.90 Å². The quantitative estimate of drug-likeness (QED) is 0.594. The zero-order chi connectivity index (χ0) is 9.42. The lowest BCUT2D eigenvalue weighted by Crippen LogP contribution is -2.31. The van der Waals surface area contributed by atoms with E-state index < -0.39 is 0 Å². The Kier molecular flexibility index (Phi) is 1.59. The summed E-state index contributed by atoms with van der Waals surface area (Å²) in [4.78, 5) is 1.99. The summed E-state index contributed by atoms with van der Waals surface area (Å²) in [5.74, 6) is 0.750. The minimum atomic E-state index is 0.663. The van der Waals surface area contributed by atoms with Crippen LogP contribution in [-0.2, 0) is 0 Å². The van der Waals surface area contributed by atoms with Crippen LogP contribution in [0.25, 0.3) is 0 Å². The predicted octanol–water partition coefficient (Wildman–Crippen LogP) is 0.920. The Morgan fingerprint density at radius 2 is 2.38 bits per heavy atom. The van der Waals surface area contributed by atoms with Crippen LogP contribution >= 0.6 is 0 Å². The summed E-state index contributed by atoms with van der Waals surface area (Å²) < 4.78 is 0. The molecule has 2 aliphatic rings. The Balaban J connectivity index is 2.55. The Bertz CT molecular complexity index is 381. The highest BCUT2D eigenvalue weighted by atomic mass is 15.5. The second kappa shape index (κ2) is 2.63. The summed E-state index contributed by atoms with van der Waals surface area (Å²) in [6, 6.07) is 2.17. The Morgan fingerprint density at radius 1 is 1.62 bits per heavy atom. The summed E-state index contributed by atoms with van der Waals surface area (Å²) in [6.45, 7) is 4.61. The first-order valence-electron chi connectivity index (χ1n) is 4.12. The highest BCUT2D eigenvalue weighted by Crippen LogP contribution is 2.23. The Labute approximate surface area is 76.8 Å². The number of hydrogen-bond donors (Lipinski definition) is 1. The van der Waals surface area contributed by atoms with Crippen molar-refractivity contribution in [2.75, 3.05) is 6.67 Å². The minimum Gasteiger partial charge on any atom is -0.308 e. The van der Waals surface area contributed by atoms with Crippen LogP contribution in [0.15, 0.2) is 28.0 Å². The van der Waals surface area contributed by atoms with Crippen molar-refractivity contribution < 1.29 is 0 Å². The highest BCUT2D eigenvalue weighted by molar-refractivity contribution is 6.05. The molecule has 0 atom stereocenters. The molecule has 0 fully saturated rings. The van der Waals surface area contributed by atoms with E-state index in [2.05, 4.69) is 16.6 Å². The van der Waals surface area contributed by atoms with E-state index in [1.54, 1.807) is 0 Å². The van der Waals surface area contributed by atoms with Gasteiger partial charge in [0.2, 0.25) is 0 Å². The molecule has 1 N–H and O–H groups in total. The molecular formula is C9H10N4. The van der Waals surface area contributed by atoms with Gasteiger partial charge in [-0.2, -0.15) is 10.4 Å². The summed E-state index contributed by atoms with van der Waals surface area (Å²) in [6.07, 6.45) is 2.00. The molecule has 0 radical (unpaired) electrons. The number of nitriles is 1. The number of nitrogens with one attached hydrogen (secondary N) is 1. The van der Waals surface area contributed by atoms with Crippen LogP contribution in [0.4, 0.5) is 0 Å². The lowest BCUT2D eigenvalue weighted by atomic mass is 10.0. The van der Waals surface area contributed by atoms with Gasteiger partial charge in [0.25, 0.3) is 0 Å². The molecule has 0 saturated heterocycles. The van der Waals surface area contributed by atoms with Crippen molar-refractivity contribution in [3.05, 3.63) is 22.9 Å². The zero-order valence-corrected chi connectivity index (χ0v) is 7.63. The van der Waals surface area contributed by atoms with Gasteiger partial charge in [0, 0.05) is 5.70 Å². The van der Waals surface area contributed by atoms with Gasteiger partial charge in [-0.05, 0) is 25.5 Å². The van der Waals surface area contributed by atoms with Gasteiger partial charge in [-0.15, -0.1) is 0 Å². The smallest absolute Gasteiger partial charge is 0.172 e. The standard InChI is InChI=1S/C9H10N4/c1-6-3-7(2)13-5-11-12-9(13)8(6)4-10/h3,11H,5H2,1-2H3. The fraction of sp³-hybridized carbons (Fsp3) is 0.333. The maximum Gasteiger partial charge on any atom is 0.172 e. The molecule has 2 rings (SSSR count). The molecule has 4 nitrogen and oxygen atoms in total. The molecule has 4 heteroatoms. The fourth-order valence-corrected chi connectivity index (χ4v) is 1.58. The summed E-state index contributed by atoms with van der Waals surface area (Å²) in [5, 5.41) is 13.0. The molecular weight excluding hydrogens is 164 g/mol. The third kappa shape index (κ3) is 1.01. The van der Waals surface area contributed by atoms with Crippen molar-refractivity contribution in [1.82, 2.24) is 10.3 Å². The van der Waals surface area contributed by atoms with Crippen LogP contribution in [0.2, 0.25) is 0 Å². The van der Waals surface area contributed by atoms with E-state index in [1.807, 2.05) is 24.8 Å². The van der Waals surface area contributed by atoms with Gasteiger partial charge in [-0.25, -0.2) is 0 Å². The maximum absolute atomic E-state index is 8.92. The van der Waals surface area contributed by atoms with Crippen molar-refractivity contribution in [1.29, 1.82) is 5.26 Å². The molecule has 2 aliphatic heterocycles. The first kappa shape index (κ1) is 7.87. The van der Waals surface area contributed by atoms with Crippen LogP contribution in [0.3, 0.4) is 0 Å². The summed E-state index contributed by atoms with van der Waals surface area (Å²) in [7, 11) is 0. The molecule has 0 bridgehead atoms. The molecule has 0 aromatic carbocycles. The Morgan fingerprint density at radius 3 is 3.08 bits per heavy atom. The van der Waals surface area contributed by atoms with Crippen LogP contribution in [0.5, 0.6) is 0 Å². The van der Waals surface area contributed by atoms with E-state index in [-0.39, 0.29) is 0 Å². The molecule has 66 valence electrons. The van der Waals surface area contributed by atoms with Gasteiger partial charge >= 0.3 is 0 Å². The Hall–Kier alpha value is -1.76. The van der Waals surface area contributed by atoms with Gasteiger partial charge in [0.15, 0.2) is 5.84 Å². The molecule has 0 aliphatic carbocycles. The van der Waals surface area contributed by atoms with Gasteiger partial charge in [-0.1, -0.05) is 0 Å². The van der Waals surface area contributed by atoms with Crippen LogP contribution in [-0.4, -0.2) is 17.4 Å². The van der Waals surface area contributed by atoms with E-state index in [0.717, 1.165) is 17.1 Å². The van der Waals surface area contributed by atoms with Crippen LogP contribution in [0.1, 0.15) is 13.8 Å². The van der Waals surface area contributed by atoms with E-state index in [4.69, 9.17) is 5.26 Å². The van der Waals surface area contributed by atoms with Crippen molar-refractivity contribution in [3.63, 3.8) is 0 Å². The average molecular weight is 174 g/mol. The highest BCUT2D eigenvalue weighted by Gasteiger charge is 2.26. The number of allylic oxidation sites excluding steroid dienone is 3. The van der Waals surface area contributed by atoms with Crippen molar-refractivity contribution in [2.24, 2.45) is 5.10 Å². The molecule has 2 heterocycles. The topological polar surface area (TPSA) is 51.4 Å². The van der Waals surface area contributed by atoms with E-state index in [0.29, 0.717) is 12.2 Å². The van der Waals surface area contributed by atoms with E-state index >= 15 is 0 Å². The second-order valence-corrected chi connectivity index (χ2v) is 3.14. The zero-order valence-electron chi connectivity index (χ0n) is 7.63. The van der Waals surface area contributed by atoms with Crippen molar-refractivity contribution >= 4 is 5.84 Å². The van der Waals surface area contributed by atoms with Crippen molar-refractivity contribution in [3.8, 4) is 6.07 Å². The lowest BCUT2D eigenvalue weighted by molar-refractivity contribution is 0.510. The van der Waals surface area contributed by atoms with Gasteiger partial charge in [0.1, 0.15) is 12.7 Å². The third-order valence-electron chi connectivity index (χ3n) is 2.25.